The minimum Gasteiger partial charge on any atom is -0.495 e. The largest absolute Gasteiger partial charge is 0.495 e. The number of imide groups is 1. The number of carbonyl (C=O) groups is 3. The van der Waals surface area contributed by atoms with Crippen LogP contribution in [0.15, 0.2) is 90.6 Å². The van der Waals surface area contributed by atoms with Gasteiger partial charge in [-0.1, -0.05) is 60.7 Å². The smallest absolute Gasteiger partial charge is 0.329 e. The molecule has 0 bridgehead atoms. The molecular weight excluding hydrogens is 508 g/mol. The van der Waals surface area contributed by atoms with Crippen molar-refractivity contribution < 1.29 is 23.9 Å². The molecule has 198 valence electrons. The molecule has 9 heteroatoms. The van der Waals surface area contributed by atoms with Crippen molar-refractivity contribution in [2.75, 3.05) is 19.0 Å². The van der Waals surface area contributed by atoms with Gasteiger partial charge in [-0.15, -0.1) is 0 Å². The number of fused-ring (bicyclic) bond motifs is 1. The summed E-state index contributed by atoms with van der Waals surface area (Å²) >= 11 is 0. The van der Waals surface area contributed by atoms with Crippen LogP contribution in [-0.2, 0) is 16.2 Å². The van der Waals surface area contributed by atoms with E-state index < -0.39 is 24.4 Å². The molecule has 0 spiro atoms. The van der Waals surface area contributed by atoms with E-state index in [-0.39, 0.29) is 12.3 Å². The Morgan fingerprint density at radius 3 is 2.55 bits per heavy atom. The van der Waals surface area contributed by atoms with Crippen LogP contribution in [0.3, 0.4) is 0 Å². The van der Waals surface area contributed by atoms with Gasteiger partial charge in [0.05, 0.1) is 24.4 Å². The Balaban J connectivity index is 1.41. The van der Waals surface area contributed by atoms with Gasteiger partial charge in [0.1, 0.15) is 30.3 Å². The van der Waals surface area contributed by atoms with Crippen LogP contribution >= 0.6 is 0 Å². The maximum atomic E-state index is 13.2. The fraction of sp³-hybridized carbons (Fsp3) is 0.0968. The van der Waals surface area contributed by atoms with Crippen molar-refractivity contribution >= 4 is 40.4 Å². The summed E-state index contributed by atoms with van der Waals surface area (Å²) in [6.07, 6.45) is 1.55. The molecule has 5 rings (SSSR count). The Bertz CT molecular complexity index is 1710. The highest BCUT2D eigenvalue weighted by Gasteiger charge is 2.35. The quantitative estimate of drug-likeness (QED) is 0.248. The molecule has 1 heterocycles. The molecule has 0 saturated carbocycles. The van der Waals surface area contributed by atoms with E-state index in [0.717, 1.165) is 15.7 Å². The van der Waals surface area contributed by atoms with Crippen LogP contribution in [0.2, 0.25) is 0 Å². The van der Waals surface area contributed by atoms with E-state index in [2.05, 4.69) is 16.7 Å². The monoisotopic (exact) mass is 532 g/mol. The van der Waals surface area contributed by atoms with Crippen LogP contribution in [-0.4, -0.2) is 36.4 Å². The van der Waals surface area contributed by atoms with Crippen LogP contribution in [0.1, 0.15) is 16.7 Å². The number of benzene rings is 4. The molecule has 4 aromatic rings. The Morgan fingerprint density at radius 1 is 0.975 bits per heavy atom. The third-order valence-corrected chi connectivity index (χ3v) is 6.39. The molecule has 40 heavy (non-hydrogen) atoms. The number of hydrogen-bond acceptors (Lipinski definition) is 6. The van der Waals surface area contributed by atoms with Crippen LogP contribution in [0.5, 0.6) is 11.5 Å². The third-order valence-electron chi connectivity index (χ3n) is 6.39. The first-order valence-electron chi connectivity index (χ1n) is 12.4. The van der Waals surface area contributed by atoms with Gasteiger partial charge in [0.15, 0.2) is 0 Å². The molecule has 0 unspecified atom stereocenters. The zero-order chi connectivity index (χ0) is 28.1. The van der Waals surface area contributed by atoms with Gasteiger partial charge in [-0.3, -0.25) is 9.59 Å². The number of amides is 4. The van der Waals surface area contributed by atoms with E-state index in [1.165, 1.54) is 7.11 Å². The molecule has 0 aliphatic carbocycles. The number of nitriles is 1. The lowest BCUT2D eigenvalue weighted by molar-refractivity contribution is -0.127. The van der Waals surface area contributed by atoms with Gasteiger partial charge in [-0.2, -0.15) is 5.26 Å². The second kappa shape index (κ2) is 11.4. The number of methoxy groups -OCH3 is 1. The van der Waals surface area contributed by atoms with Crippen LogP contribution in [0.25, 0.3) is 16.8 Å². The van der Waals surface area contributed by atoms with Crippen molar-refractivity contribution in [2.45, 2.75) is 6.61 Å². The van der Waals surface area contributed by atoms with E-state index in [1.807, 2.05) is 42.5 Å². The Labute approximate surface area is 230 Å². The van der Waals surface area contributed by atoms with E-state index in [9.17, 15) is 19.6 Å². The predicted molar refractivity (Wildman–Crippen MR) is 149 cm³/mol. The molecule has 9 nitrogen and oxygen atoms in total. The van der Waals surface area contributed by atoms with Gasteiger partial charge >= 0.3 is 6.03 Å². The van der Waals surface area contributed by atoms with Gasteiger partial charge in [0.2, 0.25) is 5.91 Å². The zero-order valence-electron chi connectivity index (χ0n) is 21.5. The highest BCUT2D eigenvalue weighted by atomic mass is 16.5. The summed E-state index contributed by atoms with van der Waals surface area (Å²) in [6.45, 7) is -0.350. The Morgan fingerprint density at radius 2 is 1.73 bits per heavy atom. The zero-order valence-corrected chi connectivity index (χ0v) is 21.5. The molecular formula is C31H24N4O5. The van der Waals surface area contributed by atoms with Crippen LogP contribution in [0.4, 0.5) is 10.5 Å². The average Bonchev–Trinajstić information content (AvgIpc) is 3.24. The summed E-state index contributed by atoms with van der Waals surface area (Å²) in [6, 6.07) is 26.7. The van der Waals surface area contributed by atoms with E-state index in [4.69, 9.17) is 9.47 Å². The van der Waals surface area contributed by atoms with Crippen molar-refractivity contribution in [3.05, 3.63) is 107 Å². The summed E-state index contributed by atoms with van der Waals surface area (Å²) < 4.78 is 11.4. The first kappa shape index (κ1) is 26.0. The highest BCUT2D eigenvalue weighted by Crippen LogP contribution is 2.32. The number of carbonyl (C=O) groups excluding carboxylic acids is 3. The molecule has 0 radical (unpaired) electrons. The van der Waals surface area contributed by atoms with Crippen molar-refractivity contribution in [3.63, 3.8) is 0 Å². The molecule has 0 atom stereocenters. The summed E-state index contributed by atoms with van der Waals surface area (Å²) in [7, 11) is 1.48. The SMILES string of the molecule is COc1ccccc1NC(=O)CN1C(=O)N/C(=C/c2c(OCc3ccccc3C#N)ccc3ccccc23)C1=O. The number of anilines is 1. The average molecular weight is 533 g/mol. The molecule has 1 saturated heterocycles. The molecule has 4 aromatic carbocycles. The van der Waals surface area contributed by atoms with Gasteiger partial charge in [0.25, 0.3) is 5.91 Å². The number of nitrogens with zero attached hydrogens (tertiary/aromatic N) is 2. The lowest BCUT2D eigenvalue weighted by Gasteiger charge is -2.14. The second-order valence-electron chi connectivity index (χ2n) is 8.88. The van der Waals surface area contributed by atoms with Crippen LogP contribution < -0.4 is 20.1 Å². The molecule has 4 amide bonds. The van der Waals surface area contributed by atoms with Crippen molar-refractivity contribution in [3.8, 4) is 17.6 Å². The number of ether oxygens (including phenoxy) is 2. The maximum absolute atomic E-state index is 13.2. The number of nitrogens with one attached hydrogen (secondary N) is 2. The minimum absolute atomic E-state index is 0.00807. The maximum Gasteiger partial charge on any atom is 0.329 e. The molecule has 2 N–H and O–H groups in total. The van der Waals surface area contributed by atoms with Crippen molar-refractivity contribution in [2.24, 2.45) is 0 Å². The van der Waals surface area contributed by atoms with Gasteiger partial charge < -0.3 is 20.1 Å². The number of hydrogen-bond donors (Lipinski definition) is 2. The first-order chi connectivity index (χ1) is 19.5. The minimum atomic E-state index is -0.711. The standard InChI is InChI=1S/C31H24N4O5/c1-39-28-13-7-6-12-25(28)33-29(36)18-35-30(37)26(34-31(35)38)16-24-23-11-5-4-8-20(23)14-15-27(24)40-19-22-10-3-2-9-21(22)17-32/h2-16H,18-19H2,1H3,(H,33,36)(H,34,38)/b26-16+. The first-order valence-corrected chi connectivity index (χ1v) is 12.4. The second-order valence-corrected chi connectivity index (χ2v) is 8.88. The van der Waals surface area contributed by atoms with E-state index >= 15 is 0 Å². The molecule has 0 aromatic heterocycles. The fourth-order valence-corrected chi connectivity index (χ4v) is 4.40. The normalized spacial score (nSPS) is 13.7. The number of rotatable bonds is 8. The Kier molecular flexibility index (Phi) is 7.42. The van der Waals surface area contributed by atoms with Gasteiger partial charge in [-0.05, 0) is 41.1 Å². The molecule has 1 fully saturated rings. The summed E-state index contributed by atoms with van der Waals surface area (Å²) in [5.41, 5.74) is 2.23. The number of para-hydroxylation sites is 2. The van der Waals surface area contributed by atoms with Gasteiger partial charge in [0, 0.05) is 11.1 Å². The number of urea groups is 1. The topological polar surface area (TPSA) is 121 Å². The lowest BCUT2D eigenvalue weighted by atomic mass is 10.0. The van der Waals surface area contributed by atoms with Gasteiger partial charge in [-0.25, -0.2) is 9.69 Å². The molecule has 1 aliphatic heterocycles. The van der Waals surface area contributed by atoms with Crippen molar-refractivity contribution in [1.82, 2.24) is 10.2 Å². The van der Waals surface area contributed by atoms with Crippen LogP contribution in [0, 0.1) is 11.3 Å². The Hall–Kier alpha value is -5.62. The highest BCUT2D eigenvalue weighted by molar-refractivity contribution is 6.16. The third kappa shape index (κ3) is 5.33. The fourth-order valence-electron chi connectivity index (χ4n) is 4.40. The van der Waals surface area contributed by atoms with Crippen molar-refractivity contribution in [1.29, 1.82) is 5.26 Å². The molecule has 1 aliphatic rings. The summed E-state index contributed by atoms with van der Waals surface area (Å²) in [5.74, 6) is -0.281. The lowest BCUT2D eigenvalue weighted by Crippen LogP contribution is -2.38. The van der Waals surface area contributed by atoms with E-state index in [1.54, 1.807) is 48.5 Å². The summed E-state index contributed by atoms with van der Waals surface area (Å²) in [4.78, 5) is 39.5. The predicted octanol–water partition coefficient (Wildman–Crippen LogP) is 4.83. The van der Waals surface area contributed by atoms with E-state index in [0.29, 0.717) is 33.9 Å². The summed E-state index contributed by atoms with van der Waals surface area (Å²) in [5, 5.41) is 16.4.